The first-order chi connectivity index (χ1) is 18.0. The van der Waals surface area contributed by atoms with Crippen LogP contribution in [0.2, 0.25) is 0 Å². The maximum absolute atomic E-state index is 13.3. The molecule has 2 saturated heterocycles. The number of benzene rings is 2. The summed E-state index contributed by atoms with van der Waals surface area (Å²) >= 11 is 1.38. The normalized spacial score (nSPS) is 16.8. The topological polar surface area (TPSA) is 61.7 Å². The monoisotopic (exact) mass is 517 g/mol. The summed E-state index contributed by atoms with van der Waals surface area (Å²) in [6.07, 6.45) is 4.46. The molecular formula is C28H28FN5O2S. The molecule has 2 aromatic heterocycles. The molecule has 37 heavy (non-hydrogen) atoms. The van der Waals surface area contributed by atoms with Gasteiger partial charge in [-0.2, -0.15) is 0 Å². The van der Waals surface area contributed by atoms with Gasteiger partial charge in [0.25, 0.3) is 11.8 Å². The fourth-order valence-electron chi connectivity index (χ4n) is 5.35. The molecule has 2 aliphatic heterocycles. The van der Waals surface area contributed by atoms with E-state index in [1.165, 1.54) is 23.5 Å². The number of carbonyl (C=O) groups excluding carboxylic acids is 2. The van der Waals surface area contributed by atoms with Gasteiger partial charge >= 0.3 is 0 Å². The molecule has 0 N–H and O–H groups in total. The number of aromatic nitrogens is 2. The van der Waals surface area contributed by atoms with E-state index in [1.54, 1.807) is 6.20 Å². The second-order valence-corrected chi connectivity index (χ2v) is 10.7. The van der Waals surface area contributed by atoms with Crippen LogP contribution in [0.1, 0.15) is 31.3 Å². The number of fused-ring (bicyclic) bond motifs is 1. The summed E-state index contributed by atoms with van der Waals surface area (Å²) in [6, 6.07) is 12.8. The highest BCUT2D eigenvalue weighted by Gasteiger charge is 2.37. The Hall–Kier alpha value is -3.56. The molecular weight excluding hydrogens is 489 g/mol. The Balaban J connectivity index is 1.06. The molecule has 2 aliphatic rings. The van der Waals surface area contributed by atoms with Crippen molar-refractivity contribution in [2.45, 2.75) is 12.5 Å². The van der Waals surface area contributed by atoms with Crippen LogP contribution in [0.25, 0.3) is 10.9 Å². The lowest BCUT2D eigenvalue weighted by Crippen LogP contribution is -2.64. The quantitative estimate of drug-likeness (QED) is 0.406. The predicted octanol–water partition coefficient (Wildman–Crippen LogP) is 3.65. The van der Waals surface area contributed by atoms with Gasteiger partial charge in [-0.05, 0) is 41.8 Å². The van der Waals surface area contributed by atoms with Crippen LogP contribution in [0.4, 0.5) is 4.39 Å². The number of nitrogens with zero attached hydrogens (tertiary/aromatic N) is 5. The summed E-state index contributed by atoms with van der Waals surface area (Å²) in [5.41, 5.74) is 3.91. The Kier molecular flexibility index (Phi) is 6.26. The van der Waals surface area contributed by atoms with E-state index in [-0.39, 0.29) is 17.6 Å². The summed E-state index contributed by atoms with van der Waals surface area (Å²) in [4.78, 5) is 36.0. The van der Waals surface area contributed by atoms with Gasteiger partial charge in [0.1, 0.15) is 5.82 Å². The number of amides is 2. The highest BCUT2D eigenvalue weighted by Crippen LogP contribution is 2.27. The van der Waals surface area contributed by atoms with E-state index in [9.17, 15) is 14.0 Å². The van der Waals surface area contributed by atoms with Crippen molar-refractivity contribution in [3.05, 3.63) is 87.8 Å². The minimum Gasteiger partial charge on any atom is -0.350 e. The Morgan fingerprint density at radius 3 is 2.46 bits per heavy atom. The molecule has 9 heteroatoms. The zero-order chi connectivity index (χ0) is 25.5. The Labute approximate surface area is 218 Å². The second kappa shape index (κ2) is 9.72. The van der Waals surface area contributed by atoms with Gasteiger partial charge in [0.05, 0.1) is 0 Å². The Morgan fingerprint density at radius 1 is 1.00 bits per heavy atom. The van der Waals surface area contributed by atoms with Crippen molar-refractivity contribution < 1.29 is 14.0 Å². The molecule has 2 amide bonds. The van der Waals surface area contributed by atoms with Crippen LogP contribution in [-0.4, -0.2) is 81.4 Å². The highest BCUT2D eigenvalue weighted by molar-refractivity contribution is 7.11. The summed E-state index contributed by atoms with van der Waals surface area (Å²) < 4.78 is 15.3. The van der Waals surface area contributed by atoms with E-state index in [0.29, 0.717) is 49.2 Å². The number of likely N-dealkylation sites (tertiary alicyclic amines) is 1. The molecule has 2 aromatic carbocycles. The van der Waals surface area contributed by atoms with Crippen molar-refractivity contribution in [2.75, 3.05) is 39.3 Å². The van der Waals surface area contributed by atoms with E-state index in [4.69, 9.17) is 0 Å². The van der Waals surface area contributed by atoms with Crippen molar-refractivity contribution >= 4 is 34.1 Å². The van der Waals surface area contributed by atoms with Crippen molar-refractivity contribution in [3.63, 3.8) is 0 Å². The van der Waals surface area contributed by atoms with E-state index in [2.05, 4.69) is 20.6 Å². The first kappa shape index (κ1) is 23.8. The van der Waals surface area contributed by atoms with Crippen LogP contribution in [0.15, 0.2) is 60.2 Å². The molecule has 0 atom stereocenters. The van der Waals surface area contributed by atoms with E-state index >= 15 is 0 Å². The number of thiazole rings is 1. The lowest BCUT2D eigenvalue weighted by Gasteiger charge is -2.48. The van der Waals surface area contributed by atoms with Crippen molar-refractivity contribution in [1.29, 1.82) is 0 Å². The van der Waals surface area contributed by atoms with Gasteiger partial charge in [0.15, 0.2) is 5.01 Å². The highest BCUT2D eigenvalue weighted by atomic mass is 32.1. The van der Waals surface area contributed by atoms with Crippen LogP contribution in [-0.2, 0) is 13.5 Å². The standard InChI is InChI=1S/C28H28FN5O2S/c1-31-16-21(14-19-2-5-22(29)6-3-19)24-7-4-20(15-25(24)31)27(35)34-17-23(18-34)32-9-11-33(12-10-32)28(36)26-30-8-13-37-26/h2-8,13,15-16,23H,9-12,14,17-18H2,1H3. The molecule has 7 nitrogen and oxygen atoms in total. The number of hydrogen-bond donors (Lipinski definition) is 0. The fourth-order valence-corrected chi connectivity index (χ4v) is 5.96. The van der Waals surface area contributed by atoms with E-state index in [0.717, 1.165) is 35.1 Å². The second-order valence-electron chi connectivity index (χ2n) is 9.83. The lowest BCUT2D eigenvalue weighted by atomic mass is 10.0. The third-order valence-electron chi connectivity index (χ3n) is 7.51. The average Bonchev–Trinajstić information content (AvgIpc) is 3.53. The third-order valence-corrected chi connectivity index (χ3v) is 8.27. The van der Waals surface area contributed by atoms with Crippen molar-refractivity contribution in [3.8, 4) is 0 Å². The molecule has 4 heterocycles. The number of aryl methyl sites for hydroxylation is 1. The largest absolute Gasteiger partial charge is 0.350 e. The Morgan fingerprint density at radius 2 is 1.76 bits per heavy atom. The van der Waals surface area contributed by atoms with Gasteiger partial charge in [0.2, 0.25) is 0 Å². The minimum absolute atomic E-state index is 0.0111. The predicted molar refractivity (Wildman–Crippen MR) is 141 cm³/mol. The molecule has 0 unspecified atom stereocenters. The number of hydrogen-bond acceptors (Lipinski definition) is 5. The van der Waals surface area contributed by atoms with Gasteiger partial charge in [0, 0.05) is 86.6 Å². The molecule has 4 aromatic rings. The number of piperazine rings is 1. The molecule has 0 aliphatic carbocycles. The van der Waals surface area contributed by atoms with Gasteiger partial charge in [-0.3, -0.25) is 14.5 Å². The molecule has 0 spiro atoms. The first-order valence-electron chi connectivity index (χ1n) is 12.5. The van der Waals surface area contributed by atoms with Crippen LogP contribution in [0.3, 0.4) is 0 Å². The summed E-state index contributed by atoms with van der Waals surface area (Å²) in [6.45, 7) is 4.42. The maximum atomic E-state index is 13.3. The zero-order valence-electron chi connectivity index (χ0n) is 20.6. The molecule has 0 saturated carbocycles. The molecule has 0 radical (unpaired) electrons. The number of rotatable bonds is 5. The van der Waals surface area contributed by atoms with Crippen LogP contribution >= 0.6 is 11.3 Å². The average molecular weight is 518 g/mol. The molecule has 190 valence electrons. The van der Waals surface area contributed by atoms with Crippen LogP contribution in [0.5, 0.6) is 0 Å². The number of carbonyl (C=O) groups is 2. The number of halogens is 1. The minimum atomic E-state index is -0.234. The SMILES string of the molecule is Cn1cc(Cc2ccc(F)cc2)c2ccc(C(=O)N3CC(N4CCN(C(=O)c5nccs5)CC4)C3)cc21. The van der Waals surface area contributed by atoms with Gasteiger partial charge in [-0.25, -0.2) is 9.37 Å². The van der Waals surface area contributed by atoms with E-state index < -0.39 is 0 Å². The van der Waals surface area contributed by atoms with Crippen molar-refractivity contribution in [1.82, 2.24) is 24.3 Å². The van der Waals surface area contributed by atoms with Crippen LogP contribution in [0, 0.1) is 5.82 Å². The van der Waals surface area contributed by atoms with Gasteiger partial charge in [-0.1, -0.05) is 18.2 Å². The van der Waals surface area contributed by atoms with Gasteiger partial charge < -0.3 is 14.4 Å². The summed E-state index contributed by atoms with van der Waals surface area (Å²) in [5, 5.41) is 3.48. The summed E-state index contributed by atoms with van der Waals surface area (Å²) in [5.74, 6) is -0.170. The van der Waals surface area contributed by atoms with Crippen LogP contribution < -0.4 is 0 Å². The smallest absolute Gasteiger partial charge is 0.282 e. The molecule has 2 fully saturated rings. The Bertz CT molecular complexity index is 1440. The molecule has 6 rings (SSSR count). The lowest BCUT2D eigenvalue weighted by molar-refractivity contribution is 0.00854. The van der Waals surface area contributed by atoms with Crippen molar-refractivity contribution in [2.24, 2.45) is 7.05 Å². The first-order valence-corrected chi connectivity index (χ1v) is 13.4. The maximum Gasteiger partial charge on any atom is 0.282 e. The molecule has 0 bridgehead atoms. The van der Waals surface area contributed by atoms with E-state index in [1.807, 2.05) is 52.6 Å². The zero-order valence-corrected chi connectivity index (χ0v) is 21.5. The fraction of sp³-hybridized carbons (Fsp3) is 0.321. The van der Waals surface area contributed by atoms with Gasteiger partial charge in [-0.15, -0.1) is 11.3 Å². The third kappa shape index (κ3) is 4.65. The summed E-state index contributed by atoms with van der Waals surface area (Å²) in [7, 11) is 1.99.